The topological polar surface area (TPSA) is 59.5 Å². The number of benzene rings is 2. The Morgan fingerprint density at radius 2 is 2.10 bits per heavy atom. The third-order valence-electron chi connectivity index (χ3n) is 5.19. The van der Waals surface area contributed by atoms with E-state index in [2.05, 4.69) is 20.2 Å². The summed E-state index contributed by atoms with van der Waals surface area (Å²) in [7, 11) is 1.57. The molecule has 0 radical (unpaired) electrons. The first-order valence-electron chi connectivity index (χ1n) is 10.1. The number of nitrogens with one attached hydrogen (secondary N) is 1. The van der Waals surface area contributed by atoms with E-state index in [0.29, 0.717) is 48.1 Å². The first-order valence-corrected chi connectivity index (χ1v) is 10.5. The summed E-state index contributed by atoms with van der Waals surface area (Å²) in [6.07, 6.45) is 2.10. The van der Waals surface area contributed by atoms with Crippen LogP contribution in [-0.4, -0.2) is 54.4 Å². The van der Waals surface area contributed by atoms with Gasteiger partial charge >= 0.3 is 0 Å². The van der Waals surface area contributed by atoms with Crippen molar-refractivity contribution >= 4 is 34.0 Å². The van der Waals surface area contributed by atoms with E-state index in [0.717, 1.165) is 24.9 Å². The molecule has 1 saturated heterocycles. The summed E-state index contributed by atoms with van der Waals surface area (Å²) in [5.41, 5.74) is 1.27. The van der Waals surface area contributed by atoms with Crippen LogP contribution in [0, 0.1) is 5.82 Å². The Kier molecular flexibility index (Phi) is 6.67. The number of rotatable bonds is 8. The van der Waals surface area contributed by atoms with Gasteiger partial charge in [0.05, 0.1) is 24.3 Å². The number of alkyl halides is 1. The Labute approximate surface area is 184 Å². The monoisotopic (exact) mass is 448 g/mol. The van der Waals surface area contributed by atoms with E-state index in [-0.39, 0.29) is 5.02 Å². The smallest absolute Gasteiger partial charge is 0.162 e. The number of hydrogen-bond acceptors (Lipinski definition) is 6. The maximum Gasteiger partial charge on any atom is 0.162 e. The molecule has 1 atom stereocenters. The normalized spacial score (nSPS) is 16.6. The average molecular weight is 449 g/mol. The van der Waals surface area contributed by atoms with Gasteiger partial charge in [0, 0.05) is 36.8 Å². The molecule has 1 aromatic heterocycles. The standard InChI is InChI=1S/C22H23ClF2N4O2/c1-30-20-11-19-16(10-21(20)31-8-2-6-29-7-5-14(24)12-29)22(27-13-26-19)28-15-3-4-18(25)17(23)9-15/h3-4,9-11,13-14H,2,5-8,12H2,1H3,(H,26,27,28)/t14-/m0/s1. The van der Waals surface area contributed by atoms with Crippen LogP contribution >= 0.6 is 11.6 Å². The van der Waals surface area contributed by atoms with Gasteiger partial charge in [-0.1, -0.05) is 11.6 Å². The molecular weight excluding hydrogens is 426 g/mol. The summed E-state index contributed by atoms with van der Waals surface area (Å²) in [4.78, 5) is 10.7. The third kappa shape index (κ3) is 5.14. The highest BCUT2D eigenvalue weighted by atomic mass is 35.5. The van der Waals surface area contributed by atoms with Crippen LogP contribution in [-0.2, 0) is 0 Å². The quantitative estimate of drug-likeness (QED) is 0.490. The van der Waals surface area contributed by atoms with Gasteiger partial charge < -0.3 is 19.7 Å². The van der Waals surface area contributed by atoms with Crippen LogP contribution in [0.5, 0.6) is 11.5 Å². The summed E-state index contributed by atoms with van der Waals surface area (Å²) in [5, 5.41) is 3.89. The van der Waals surface area contributed by atoms with Crippen LogP contribution in [0.25, 0.3) is 10.9 Å². The van der Waals surface area contributed by atoms with Crippen LogP contribution in [0.15, 0.2) is 36.7 Å². The lowest BCUT2D eigenvalue weighted by atomic mass is 10.2. The highest BCUT2D eigenvalue weighted by Gasteiger charge is 2.21. The number of aromatic nitrogens is 2. The molecule has 0 bridgehead atoms. The summed E-state index contributed by atoms with van der Waals surface area (Å²) in [6, 6.07) is 7.96. The third-order valence-corrected chi connectivity index (χ3v) is 5.48. The molecule has 1 fully saturated rings. The fourth-order valence-corrected chi connectivity index (χ4v) is 3.79. The van der Waals surface area contributed by atoms with Crippen LogP contribution in [0.4, 0.5) is 20.3 Å². The number of halogens is 3. The summed E-state index contributed by atoms with van der Waals surface area (Å²) < 4.78 is 38.2. The largest absolute Gasteiger partial charge is 0.493 e. The lowest BCUT2D eigenvalue weighted by Gasteiger charge is -2.16. The predicted molar refractivity (Wildman–Crippen MR) is 117 cm³/mol. The van der Waals surface area contributed by atoms with Crippen molar-refractivity contribution in [1.82, 2.24) is 14.9 Å². The van der Waals surface area contributed by atoms with Crippen molar-refractivity contribution < 1.29 is 18.3 Å². The lowest BCUT2D eigenvalue weighted by Crippen LogP contribution is -2.23. The van der Waals surface area contributed by atoms with Gasteiger partial charge in [-0.2, -0.15) is 0 Å². The summed E-state index contributed by atoms with van der Waals surface area (Å²) in [6.45, 7) is 2.55. The zero-order chi connectivity index (χ0) is 21.8. The van der Waals surface area contributed by atoms with Gasteiger partial charge in [-0.3, -0.25) is 0 Å². The van der Waals surface area contributed by atoms with E-state index in [9.17, 15) is 8.78 Å². The maximum absolute atomic E-state index is 13.5. The molecule has 4 rings (SSSR count). The molecule has 0 saturated carbocycles. The van der Waals surface area contributed by atoms with Gasteiger partial charge in [0.1, 0.15) is 24.1 Å². The van der Waals surface area contributed by atoms with Crippen molar-refractivity contribution in [3.8, 4) is 11.5 Å². The Hall–Kier alpha value is -2.71. The van der Waals surface area contributed by atoms with Crippen LogP contribution < -0.4 is 14.8 Å². The molecule has 9 heteroatoms. The zero-order valence-electron chi connectivity index (χ0n) is 17.1. The second-order valence-electron chi connectivity index (χ2n) is 7.38. The first kappa shape index (κ1) is 21.5. The second kappa shape index (κ2) is 9.62. The predicted octanol–water partition coefficient (Wildman–Crippen LogP) is 4.99. The average Bonchev–Trinajstić information content (AvgIpc) is 3.18. The highest BCUT2D eigenvalue weighted by molar-refractivity contribution is 6.31. The molecule has 1 aliphatic rings. The fourth-order valence-electron chi connectivity index (χ4n) is 3.61. The van der Waals surface area contributed by atoms with Crippen LogP contribution in [0.3, 0.4) is 0 Å². The van der Waals surface area contributed by atoms with Gasteiger partial charge in [0.25, 0.3) is 0 Å². The number of nitrogens with zero attached hydrogens (tertiary/aromatic N) is 3. The SMILES string of the molecule is COc1cc2ncnc(Nc3ccc(F)c(Cl)c3)c2cc1OCCCN1CC[C@H](F)C1. The van der Waals surface area contributed by atoms with Gasteiger partial charge in [-0.25, -0.2) is 18.7 Å². The van der Waals surface area contributed by atoms with E-state index in [1.54, 1.807) is 19.2 Å². The van der Waals surface area contributed by atoms with E-state index in [1.807, 2.05) is 6.07 Å². The first-order chi connectivity index (χ1) is 15.0. The van der Waals surface area contributed by atoms with Crippen LogP contribution in [0.1, 0.15) is 12.8 Å². The van der Waals surface area contributed by atoms with E-state index in [1.165, 1.54) is 18.5 Å². The maximum atomic E-state index is 13.5. The number of likely N-dealkylation sites (tertiary alicyclic amines) is 1. The number of hydrogen-bond donors (Lipinski definition) is 1. The minimum Gasteiger partial charge on any atom is -0.493 e. The van der Waals surface area contributed by atoms with E-state index >= 15 is 0 Å². The van der Waals surface area contributed by atoms with Crippen molar-refractivity contribution in [2.75, 3.05) is 38.7 Å². The molecule has 164 valence electrons. The Morgan fingerprint density at radius 3 is 2.84 bits per heavy atom. The Bertz CT molecular complexity index is 1070. The number of anilines is 2. The van der Waals surface area contributed by atoms with E-state index < -0.39 is 12.0 Å². The molecular formula is C22H23ClF2N4O2. The van der Waals surface area contributed by atoms with Gasteiger partial charge in [0.15, 0.2) is 11.5 Å². The van der Waals surface area contributed by atoms with Crippen molar-refractivity contribution in [2.45, 2.75) is 19.0 Å². The number of methoxy groups -OCH3 is 1. The van der Waals surface area contributed by atoms with Gasteiger partial charge in [-0.15, -0.1) is 0 Å². The Balaban J connectivity index is 1.51. The summed E-state index contributed by atoms with van der Waals surface area (Å²) >= 11 is 5.88. The molecule has 1 N–H and O–H groups in total. The highest BCUT2D eigenvalue weighted by Crippen LogP contribution is 2.35. The second-order valence-corrected chi connectivity index (χ2v) is 7.79. The van der Waals surface area contributed by atoms with Crippen molar-refractivity contribution in [3.63, 3.8) is 0 Å². The molecule has 0 amide bonds. The molecule has 2 aromatic carbocycles. The molecule has 31 heavy (non-hydrogen) atoms. The molecule has 0 aliphatic carbocycles. The molecule has 2 heterocycles. The van der Waals surface area contributed by atoms with Crippen LogP contribution in [0.2, 0.25) is 5.02 Å². The lowest BCUT2D eigenvalue weighted by molar-refractivity contribution is 0.243. The summed E-state index contributed by atoms with van der Waals surface area (Å²) in [5.74, 6) is 1.17. The minimum absolute atomic E-state index is 0.0196. The molecule has 0 unspecified atom stereocenters. The minimum atomic E-state index is -0.719. The fraction of sp³-hybridized carbons (Fsp3) is 0.364. The molecule has 3 aromatic rings. The van der Waals surface area contributed by atoms with Gasteiger partial charge in [0.2, 0.25) is 0 Å². The van der Waals surface area contributed by atoms with Crippen molar-refractivity contribution in [3.05, 3.63) is 47.5 Å². The Morgan fingerprint density at radius 1 is 1.23 bits per heavy atom. The number of fused-ring (bicyclic) bond motifs is 1. The molecule has 6 nitrogen and oxygen atoms in total. The van der Waals surface area contributed by atoms with Crippen molar-refractivity contribution in [2.24, 2.45) is 0 Å². The zero-order valence-corrected chi connectivity index (χ0v) is 17.8. The van der Waals surface area contributed by atoms with E-state index in [4.69, 9.17) is 21.1 Å². The molecule has 0 spiro atoms. The molecule has 1 aliphatic heterocycles. The number of ether oxygens (including phenoxy) is 2. The van der Waals surface area contributed by atoms with Crippen molar-refractivity contribution in [1.29, 1.82) is 0 Å². The van der Waals surface area contributed by atoms with Gasteiger partial charge in [-0.05, 0) is 37.1 Å².